The van der Waals surface area contributed by atoms with E-state index in [4.69, 9.17) is 0 Å². The van der Waals surface area contributed by atoms with Gasteiger partial charge in [0.1, 0.15) is 0 Å². The topological polar surface area (TPSA) is 33.1 Å². The summed E-state index contributed by atoms with van der Waals surface area (Å²) in [6.45, 7) is 9.13. The van der Waals surface area contributed by atoms with Gasteiger partial charge in [-0.3, -0.25) is 4.68 Å². The Hall–Kier alpha value is -1.65. The van der Waals surface area contributed by atoms with E-state index in [-0.39, 0.29) is 0 Å². The quantitative estimate of drug-likeness (QED) is 0.853. The maximum absolute atomic E-state index is 4.52. The first-order chi connectivity index (χ1) is 10.4. The Morgan fingerprint density at radius 1 is 1.14 bits per heavy atom. The Labute approximate surface area is 134 Å². The normalized spacial score (nSPS) is 12.8. The molecule has 4 heteroatoms. The molecule has 0 aliphatic rings. The van der Waals surface area contributed by atoms with Crippen LogP contribution < -0.4 is 5.32 Å². The zero-order chi connectivity index (χ0) is 16.1. The molecular weight excluding hydrogens is 272 g/mol. The van der Waals surface area contributed by atoms with Crippen molar-refractivity contribution < 1.29 is 0 Å². The Balaban J connectivity index is 1.83. The predicted octanol–water partition coefficient (Wildman–Crippen LogP) is 2.74. The fourth-order valence-electron chi connectivity index (χ4n) is 2.60. The zero-order valence-corrected chi connectivity index (χ0v) is 14.4. The molecule has 0 saturated carbocycles. The highest BCUT2D eigenvalue weighted by molar-refractivity contribution is 5.22. The molecule has 1 aromatic carbocycles. The molecule has 0 spiro atoms. The minimum atomic E-state index is 0.388. The summed E-state index contributed by atoms with van der Waals surface area (Å²) in [5.74, 6) is 0. The number of hydrogen-bond acceptors (Lipinski definition) is 3. The number of aromatic nitrogens is 2. The van der Waals surface area contributed by atoms with E-state index in [1.54, 1.807) is 0 Å². The van der Waals surface area contributed by atoms with Gasteiger partial charge in [-0.15, -0.1) is 0 Å². The zero-order valence-electron chi connectivity index (χ0n) is 14.4. The van der Waals surface area contributed by atoms with E-state index in [1.807, 2.05) is 6.92 Å². The molecule has 1 atom stereocenters. The van der Waals surface area contributed by atoms with Crippen molar-refractivity contribution in [1.82, 2.24) is 20.0 Å². The van der Waals surface area contributed by atoms with Crippen LogP contribution in [-0.4, -0.2) is 34.8 Å². The van der Waals surface area contributed by atoms with Gasteiger partial charge in [-0.2, -0.15) is 5.10 Å². The molecular formula is C18H28N4. The number of rotatable bonds is 7. The maximum atomic E-state index is 4.52. The second-order valence-corrected chi connectivity index (χ2v) is 6.45. The molecule has 0 aliphatic carbocycles. The maximum Gasteiger partial charge on any atom is 0.0596 e. The van der Waals surface area contributed by atoms with Crippen molar-refractivity contribution in [3.8, 4) is 0 Å². The smallest absolute Gasteiger partial charge is 0.0596 e. The van der Waals surface area contributed by atoms with Crippen molar-refractivity contribution in [2.24, 2.45) is 0 Å². The number of nitrogens with zero attached hydrogens (tertiary/aromatic N) is 3. The van der Waals surface area contributed by atoms with Crippen LogP contribution in [0.15, 0.2) is 30.3 Å². The highest BCUT2D eigenvalue weighted by atomic mass is 15.3. The van der Waals surface area contributed by atoms with E-state index < -0.39 is 0 Å². The van der Waals surface area contributed by atoms with E-state index >= 15 is 0 Å². The van der Waals surface area contributed by atoms with Gasteiger partial charge in [0, 0.05) is 24.8 Å². The monoisotopic (exact) mass is 300 g/mol. The molecule has 4 nitrogen and oxygen atoms in total. The van der Waals surface area contributed by atoms with Crippen molar-refractivity contribution in [1.29, 1.82) is 0 Å². The first-order valence-electron chi connectivity index (χ1n) is 7.91. The van der Waals surface area contributed by atoms with Gasteiger partial charge in [-0.25, -0.2) is 0 Å². The summed E-state index contributed by atoms with van der Waals surface area (Å²) in [4.78, 5) is 2.18. The minimum Gasteiger partial charge on any atom is -0.308 e. The molecule has 2 rings (SSSR count). The second kappa shape index (κ2) is 7.56. The van der Waals surface area contributed by atoms with Gasteiger partial charge >= 0.3 is 0 Å². The van der Waals surface area contributed by atoms with Crippen LogP contribution in [0.5, 0.6) is 0 Å². The van der Waals surface area contributed by atoms with Gasteiger partial charge in [-0.05, 0) is 52.1 Å². The number of nitrogens with one attached hydrogen (secondary N) is 1. The van der Waals surface area contributed by atoms with Crippen LogP contribution in [-0.2, 0) is 19.6 Å². The Bertz CT molecular complexity index is 584. The van der Waals surface area contributed by atoms with Crippen molar-refractivity contribution in [3.05, 3.63) is 52.8 Å². The Kier molecular flexibility index (Phi) is 5.75. The molecule has 0 amide bonds. The van der Waals surface area contributed by atoms with Crippen LogP contribution in [0.2, 0.25) is 0 Å². The molecule has 1 heterocycles. The lowest BCUT2D eigenvalue weighted by molar-refractivity contribution is 0.402. The highest BCUT2D eigenvalue weighted by Gasteiger charge is 2.06. The second-order valence-electron chi connectivity index (χ2n) is 6.45. The summed E-state index contributed by atoms with van der Waals surface area (Å²) in [5, 5.41) is 8.09. The van der Waals surface area contributed by atoms with Crippen molar-refractivity contribution in [2.75, 3.05) is 14.1 Å². The summed E-state index contributed by atoms with van der Waals surface area (Å²) in [6.07, 6.45) is 0. The molecule has 22 heavy (non-hydrogen) atoms. The van der Waals surface area contributed by atoms with E-state index in [1.165, 1.54) is 16.8 Å². The molecule has 0 saturated heterocycles. The van der Waals surface area contributed by atoms with Gasteiger partial charge in [0.25, 0.3) is 0 Å². The first kappa shape index (κ1) is 16.7. The number of aryl methyl sites for hydroxylation is 2. The molecule has 0 radical (unpaired) electrons. The van der Waals surface area contributed by atoms with E-state index in [0.717, 1.165) is 25.3 Å². The van der Waals surface area contributed by atoms with Crippen molar-refractivity contribution in [3.63, 3.8) is 0 Å². The summed E-state index contributed by atoms with van der Waals surface area (Å²) in [7, 11) is 4.19. The van der Waals surface area contributed by atoms with E-state index in [2.05, 4.69) is 78.3 Å². The average Bonchev–Trinajstić information content (AvgIpc) is 2.75. The average molecular weight is 300 g/mol. The predicted molar refractivity (Wildman–Crippen MR) is 91.8 cm³/mol. The molecule has 120 valence electrons. The van der Waals surface area contributed by atoms with Gasteiger partial charge in [-0.1, -0.05) is 24.3 Å². The van der Waals surface area contributed by atoms with E-state index in [0.29, 0.717) is 6.04 Å². The van der Waals surface area contributed by atoms with Gasteiger partial charge in [0.15, 0.2) is 0 Å². The van der Waals surface area contributed by atoms with Crippen LogP contribution in [0, 0.1) is 13.8 Å². The van der Waals surface area contributed by atoms with Crippen molar-refractivity contribution >= 4 is 0 Å². The van der Waals surface area contributed by atoms with Crippen molar-refractivity contribution in [2.45, 2.75) is 46.4 Å². The largest absolute Gasteiger partial charge is 0.308 e. The standard InChI is InChI=1S/C18H28N4/c1-14-10-16(3)22(20-14)12-15(2)19-11-17-6-8-18(9-7-17)13-21(4)5/h6-10,15,19H,11-13H2,1-5H3. The number of benzene rings is 1. The lowest BCUT2D eigenvalue weighted by Gasteiger charge is -2.15. The Morgan fingerprint density at radius 3 is 2.32 bits per heavy atom. The van der Waals surface area contributed by atoms with Crippen LogP contribution >= 0.6 is 0 Å². The summed E-state index contributed by atoms with van der Waals surface area (Å²) >= 11 is 0. The lowest BCUT2D eigenvalue weighted by atomic mass is 10.1. The fourth-order valence-corrected chi connectivity index (χ4v) is 2.60. The molecule has 0 bridgehead atoms. The van der Waals surface area contributed by atoms with Gasteiger partial charge in [0.2, 0.25) is 0 Å². The van der Waals surface area contributed by atoms with Gasteiger partial charge in [0.05, 0.1) is 12.2 Å². The molecule has 1 unspecified atom stereocenters. The SMILES string of the molecule is Cc1cc(C)n(CC(C)NCc2ccc(CN(C)C)cc2)n1. The fraction of sp³-hybridized carbons (Fsp3) is 0.500. The van der Waals surface area contributed by atoms with Gasteiger partial charge < -0.3 is 10.2 Å². The number of hydrogen-bond donors (Lipinski definition) is 1. The van der Waals surface area contributed by atoms with Crippen LogP contribution in [0.1, 0.15) is 29.4 Å². The highest BCUT2D eigenvalue weighted by Crippen LogP contribution is 2.07. The lowest BCUT2D eigenvalue weighted by Crippen LogP contribution is -2.30. The third kappa shape index (κ3) is 4.97. The molecule has 2 aromatic rings. The van der Waals surface area contributed by atoms with Crippen LogP contribution in [0.3, 0.4) is 0 Å². The van der Waals surface area contributed by atoms with E-state index in [9.17, 15) is 0 Å². The summed E-state index contributed by atoms with van der Waals surface area (Å²) in [6, 6.07) is 11.4. The van der Waals surface area contributed by atoms with Crippen LogP contribution in [0.25, 0.3) is 0 Å². The molecule has 1 N–H and O–H groups in total. The molecule has 0 fully saturated rings. The summed E-state index contributed by atoms with van der Waals surface area (Å²) in [5.41, 5.74) is 4.98. The third-order valence-electron chi connectivity index (χ3n) is 3.73. The molecule has 0 aliphatic heterocycles. The first-order valence-corrected chi connectivity index (χ1v) is 7.91. The summed E-state index contributed by atoms with van der Waals surface area (Å²) < 4.78 is 2.08. The Morgan fingerprint density at radius 2 is 1.77 bits per heavy atom. The molecule has 1 aromatic heterocycles. The van der Waals surface area contributed by atoms with Crippen LogP contribution in [0.4, 0.5) is 0 Å². The minimum absolute atomic E-state index is 0.388. The third-order valence-corrected chi connectivity index (χ3v) is 3.73.